The molecular formula is C19H20F3NO6. The molecule has 0 amide bonds. The van der Waals surface area contributed by atoms with Gasteiger partial charge >= 0.3 is 12.1 Å². The van der Waals surface area contributed by atoms with Crippen LogP contribution in [-0.2, 0) is 21.4 Å². The molecule has 4 aliphatic rings. The maximum absolute atomic E-state index is 12.5. The predicted molar refractivity (Wildman–Crippen MR) is 91.8 cm³/mol. The Morgan fingerprint density at radius 2 is 1.97 bits per heavy atom. The van der Waals surface area contributed by atoms with Crippen LogP contribution >= 0.6 is 0 Å². The summed E-state index contributed by atoms with van der Waals surface area (Å²) in [6, 6.07) is 3.57. The molecule has 3 N–H and O–H groups in total. The third kappa shape index (κ3) is 2.51. The number of nitrogens with zero attached hydrogens (tertiary/aromatic N) is 1. The Morgan fingerprint density at radius 1 is 1.31 bits per heavy atom. The molecule has 29 heavy (non-hydrogen) atoms. The van der Waals surface area contributed by atoms with E-state index in [1.165, 1.54) is 0 Å². The van der Waals surface area contributed by atoms with E-state index in [4.69, 9.17) is 14.6 Å². The number of carboxylic acid groups (broad SMARTS) is 1. The van der Waals surface area contributed by atoms with Gasteiger partial charge in [0, 0.05) is 18.0 Å². The van der Waals surface area contributed by atoms with E-state index < -0.39 is 29.3 Å². The second-order valence-corrected chi connectivity index (χ2v) is 8.06. The zero-order valence-electron chi connectivity index (χ0n) is 15.5. The number of carboxylic acids is 1. The van der Waals surface area contributed by atoms with E-state index in [1.807, 2.05) is 13.1 Å². The average Bonchev–Trinajstić information content (AvgIpc) is 2.99. The first-order valence-corrected chi connectivity index (χ1v) is 9.21. The topological polar surface area (TPSA) is 107 Å². The lowest BCUT2D eigenvalue weighted by molar-refractivity contribution is -0.192. The van der Waals surface area contributed by atoms with E-state index in [0.29, 0.717) is 25.0 Å². The van der Waals surface area contributed by atoms with Gasteiger partial charge in [0.15, 0.2) is 23.4 Å². The number of aliphatic carboxylic acids is 1. The summed E-state index contributed by atoms with van der Waals surface area (Å²) in [6.45, 7) is 0.828. The van der Waals surface area contributed by atoms with Crippen molar-refractivity contribution in [2.45, 2.75) is 55.0 Å². The van der Waals surface area contributed by atoms with Gasteiger partial charge in [-0.3, -0.25) is 4.79 Å². The number of benzene rings is 1. The van der Waals surface area contributed by atoms with Crippen molar-refractivity contribution in [3.05, 3.63) is 23.3 Å². The van der Waals surface area contributed by atoms with E-state index in [0.717, 1.165) is 24.1 Å². The number of hydrogen-bond donors (Lipinski definition) is 3. The molecule has 4 atom stereocenters. The SMILES string of the molecule is CN1CC[C@]23c4c5ccc(O)c4O[C@H]2C(=O)CC[C@@]3(O)[C@H]1C5.O=C(O)C(F)(F)F. The Kier molecular flexibility index (Phi) is 4.19. The molecule has 2 heterocycles. The average molecular weight is 415 g/mol. The van der Waals surface area contributed by atoms with Crippen molar-refractivity contribution in [2.24, 2.45) is 0 Å². The van der Waals surface area contributed by atoms with Crippen LogP contribution in [0.2, 0.25) is 0 Å². The first kappa shape index (κ1) is 20.0. The van der Waals surface area contributed by atoms with Gasteiger partial charge in [-0.25, -0.2) is 4.79 Å². The Labute approximate surface area is 163 Å². The van der Waals surface area contributed by atoms with E-state index in [-0.39, 0.29) is 17.6 Å². The highest BCUT2D eigenvalue weighted by Crippen LogP contribution is 2.64. The number of phenols is 1. The molecule has 7 nitrogen and oxygen atoms in total. The number of carbonyl (C=O) groups is 2. The summed E-state index contributed by atoms with van der Waals surface area (Å²) in [5.74, 6) is -2.20. The number of ketones is 1. The smallest absolute Gasteiger partial charge is 0.490 e. The number of likely N-dealkylation sites (tertiary alicyclic amines) is 1. The van der Waals surface area contributed by atoms with Crippen LogP contribution < -0.4 is 4.74 Å². The number of Topliss-reactive ketones (excluding diaryl/α,β-unsaturated/α-hetero) is 1. The molecule has 0 unspecified atom stereocenters. The summed E-state index contributed by atoms with van der Waals surface area (Å²) in [5, 5.41) is 29.0. The van der Waals surface area contributed by atoms with Crippen molar-refractivity contribution in [1.29, 1.82) is 0 Å². The minimum atomic E-state index is -5.08. The van der Waals surface area contributed by atoms with Crippen molar-refractivity contribution < 1.29 is 42.8 Å². The summed E-state index contributed by atoms with van der Waals surface area (Å²) in [6.07, 6.45) is -3.48. The fourth-order valence-corrected chi connectivity index (χ4v) is 5.54. The quantitative estimate of drug-likeness (QED) is 0.588. The molecule has 2 aliphatic heterocycles. The molecule has 10 heteroatoms. The number of hydrogen-bond acceptors (Lipinski definition) is 6. The van der Waals surface area contributed by atoms with Gasteiger partial charge in [-0.05, 0) is 44.5 Å². The zero-order valence-corrected chi connectivity index (χ0v) is 15.5. The number of piperidine rings is 1. The maximum Gasteiger partial charge on any atom is 0.490 e. The minimum absolute atomic E-state index is 0.00319. The Hall–Kier alpha value is -2.33. The summed E-state index contributed by atoms with van der Waals surface area (Å²) in [5.41, 5.74) is 0.370. The lowest BCUT2D eigenvalue weighted by atomic mass is 9.49. The van der Waals surface area contributed by atoms with Gasteiger partial charge in [-0.2, -0.15) is 13.2 Å². The molecule has 0 aromatic heterocycles. The predicted octanol–water partition coefficient (Wildman–Crippen LogP) is 1.38. The Balaban J connectivity index is 0.000000255. The highest BCUT2D eigenvalue weighted by atomic mass is 19.4. The molecular weight excluding hydrogens is 395 g/mol. The third-order valence-corrected chi connectivity index (χ3v) is 6.77. The van der Waals surface area contributed by atoms with Crippen molar-refractivity contribution in [3.63, 3.8) is 0 Å². The summed E-state index contributed by atoms with van der Waals surface area (Å²) < 4.78 is 37.7. The highest BCUT2D eigenvalue weighted by Gasteiger charge is 2.72. The fraction of sp³-hybridized carbons (Fsp3) is 0.579. The van der Waals surface area contributed by atoms with Crippen molar-refractivity contribution in [3.8, 4) is 11.5 Å². The zero-order chi connectivity index (χ0) is 21.4. The van der Waals surface area contributed by atoms with Gasteiger partial charge in [0.05, 0.1) is 11.0 Å². The van der Waals surface area contributed by atoms with Crippen molar-refractivity contribution >= 4 is 11.8 Å². The molecule has 0 radical (unpaired) electrons. The molecule has 5 rings (SSSR count). The first-order valence-electron chi connectivity index (χ1n) is 9.21. The number of likely N-dealkylation sites (N-methyl/N-ethyl adjacent to an activating group) is 1. The lowest BCUT2D eigenvalue weighted by Crippen LogP contribution is -2.76. The molecule has 2 aliphatic carbocycles. The standard InChI is InChI=1S/C17H19NO4.C2HF3O2/c1-18-7-6-16-13-9-2-3-10(19)14(13)22-15(16)11(20)4-5-17(16,21)12(18)8-9;3-2(4,5)1(6)7/h2-3,12,15,19,21H,4-8H2,1H3;(H,6,7)/t12-,15+,16+,17-;/m1./s1. The molecule has 1 aromatic rings. The van der Waals surface area contributed by atoms with Crippen LogP contribution in [-0.4, -0.2) is 69.5 Å². The number of aliphatic hydroxyl groups is 1. The molecule has 1 aromatic carbocycles. The van der Waals surface area contributed by atoms with E-state index in [1.54, 1.807) is 6.07 Å². The first-order chi connectivity index (χ1) is 13.4. The van der Waals surface area contributed by atoms with Crippen LogP contribution in [0.5, 0.6) is 11.5 Å². The molecule has 2 bridgehead atoms. The second-order valence-electron chi connectivity index (χ2n) is 8.06. The highest BCUT2D eigenvalue weighted by molar-refractivity contribution is 5.90. The molecule has 1 saturated carbocycles. The number of phenolic OH excluding ortho intramolecular Hbond substituents is 1. The van der Waals surface area contributed by atoms with Gasteiger partial charge in [-0.1, -0.05) is 6.07 Å². The Bertz CT molecular complexity index is 903. The molecule has 1 saturated heterocycles. The number of aromatic hydroxyl groups is 1. The number of alkyl halides is 3. The van der Waals surface area contributed by atoms with Crippen LogP contribution in [0.3, 0.4) is 0 Å². The summed E-state index contributed by atoms with van der Waals surface area (Å²) >= 11 is 0. The second kappa shape index (κ2) is 6.09. The number of rotatable bonds is 0. The van der Waals surface area contributed by atoms with Crippen LogP contribution in [0.15, 0.2) is 12.1 Å². The van der Waals surface area contributed by atoms with Gasteiger partial charge in [0.2, 0.25) is 0 Å². The normalized spacial score (nSPS) is 34.6. The van der Waals surface area contributed by atoms with Gasteiger partial charge in [0.25, 0.3) is 0 Å². The maximum atomic E-state index is 12.5. The van der Waals surface area contributed by atoms with E-state index in [2.05, 4.69) is 4.90 Å². The van der Waals surface area contributed by atoms with Crippen molar-refractivity contribution in [1.82, 2.24) is 4.90 Å². The minimum Gasteiger partial charge on any atom is -0.504 e. The lowest BCUT2D eigenvalue weighted by Gasteiger charge is -2.61. The van der Waals surface area contributed by atoms with Crippen molar-refractivity contribution in [2.75, 3.05) is 13.6 Å². The fourth-order valence-electron chi connectivity index (χ4n) is 5.54. The van der Waals surface area contributed by atoms with Gasteiger partial charge in [-0.15, -0.1) is 0 Å². The molecule has 158 valence electrons. The Morgan fingerprint density at radius 3 is 2.59 bits per heavy atom. The van der Waals surface area contributed by atoms with Crippen LogP contribution in [0, 0.1) is 0 Å². The number of ether oxygens (including phenoxy) is 1. The van der Waals surface area contributed by atoms with E-state index >= 15 is 0 Å². The number of carbonyl (C=O) groups excluding carboxylic acids is 1. The monoisotopic (exact) mass is 415 g/mol. The van der Waals surface area contributed by atoms with Crippen LogP contribution in [0.25, 0.3) is 0 Å². The van der Waals surface area contributed by atoms with Crippen LogP contribution in [0.4, 0.5) is 13.2 Å². The van der Waals surface area contributed by atoms with Crippen LogP contribution in [0.1, 0.15) is 30.4 Å². The molecule has 1 spiro atoms. The van der Waals surface area contributed by atoms with E-state index in [9.17, 15) is 28.2 Å². The van der Waals surface area contributed by atoms with Gasteiger partial charge < -0.3 is 25.0 Å². The van der Waals surface area contributed by atoms with Gasteiger partial charge in [0.1, 0.15) is 0 Å². The number of halogens is 3. The third-order valence-electron chi connectivity index (χ3n) is 6.77. The summed E-state index contributed by atoms with van der Waals surface area (Å²) in [7, 11) is 2.04. The molecule has 2 fully saturated rings. The largest absolute Gasteiger partial charge is 0.504 e. The summed E-state index contributed by atoms with van der Waals surface area (Å²) in [4.78, 5) is 23.6.